The first-order chi connectivity index (χ1) is 16.9. The van der Waals surface area contributed by atoms with Gasteiger partial charge >= 0.3 is 0 Å². The van der Waals surface area contributed by atoms with Crippen molar-refractivity contribution in [2.24, 2.45) is 0 Å². The van der Waals surface area contributed by atoms with E-state index in [-0.39, 0.29) is 24.0 Å². The molecule has 0 saturated carbocycles. The molecular formula is C26H26N4O5. The van der Waals surface area contributed by atoms with Gasteiger partial charge in [0.2, 0.25) is 11.8 Å². The van der Waals surface area contributed by atoms with Crippen LogP contribution in [0.3, 0.4) is 0 Å². The van der Waals surface area contributed by atoms with Gasteiger partial charge in [-0.25, -0.2) is 0 Å². The largest absolute Gasteiger partial charge is 0.385 e. The average molecular weight is 475 g/mol. The van der Waals surface area contributed by atoms with Gasteiger partial charge < -0.3 is 5.11 Å². The lowest BCUT2D eigenvalue weighted by atomic mass is 9.82. The Morgan fingerprint density at radius 1 is 0.943 bits per heavy atom. The van der Waals surface area contributed by atoms with Gasteiger partial charge in [-0.1, -0.05) is 6.07 Å². The smallest absolute Gasteiger partial charge is 0.262 e. The number of nitrogens with one attached hydrogen (secondary N) is 1. The van der Waals surface area contributed by atoms with Gasteiger partial charge in [-0.15, -0.1) is 0 Å². The topological polar surface area (TPSA) is 120 Å². The minimum Gasteiger partial charge on any atom is -0.385 e. The summed E-state index contributed by atoms with van der Waals surface area (Å²) < 4.78 is 0. The zero-order valence-electron chi connectivity index (χ0n) is 19.2. The van der Waals surface area contributed by atoms with Crippen LogP contribution in [0.5, 0.6) is 0 Å². The van der Waals surface area contributed by atoms with Crippen LogP contribution in [0.1, 0.15) is 75.6 Å². The number of amides is 4. The summed E-state index contributed by atoms with van der Waals surface area (Å²) in [5, 5.41) is 13.7. The molecule has 0 radical (unpaired) electrons. The number of pyridine rings is 1. The van der Waals surface area contributed by atoms with Crippen molar-refractivity contribution in [1.29, 1.82) is 0 Å². The van der Waals surface area contributed by atoms with Crippen molar-refractivity contribution < 1.29 is 24.3 Å². The summed E-state index contributed by atoms with van der Waals surface area (Å²) in [6, 6.07) is 6.27. The van der Waals surface area contributed by atoms with E-state index in [4.69, 9.17) is 0 Å². The number of nitrogens with zero attached hydrogens (tertiary/aromatic N) is 3. The highest BCUT2D eigenvalue weighted by atomic mass is 16.3. The second-order valence-corrected chi connectivity index (χ2v) is 9.90. The summed E-state index contributed by atoms with van der Waals surface area (Å²) in [6.45, 7) is 1.42. The summed E-state index contributed by atoms with van der Waals surface area (Å²) in [5.74, 6) is -2.14. The Balaban J connectivity index is 1.20. The summed E-state index contributed by atoms with van der Waals surface area (Å²) in [6.07, 6.45) is 7.07. The van der Waals surface area contributed by atoms with E-state index in [0.29, 0.717) is 37.5 Å². The number of carbonyl (C=O) groups excluding carboxylic acids is 4. The third kappa shape index (κ3) is 3.49. The fourth-order valence-corrected chi connectivity index (χ4v) is 6.04. The van der Waals surface area contributed by atoms with Crippen LogP contribution in [0.4, 0.5) is 0 Å². The molecule has 9 heteroatoms. The molecule has 1 aliphatic carbocycles. The van der Waals surface area contributed by atoms with Gasteiger partial charge in [0.1, 0.15) is 6.04 Å². The van der Waals surface area contributed by atoms with E-state index in [2.05, 4.69) is 21.3 Å². The molecule has 4 heterocycles. The number of rotatable bonds is 3. The highest BCUT2D eigenvalue weighted by Crippen LogP contribution is 2.41. The molecule has 2 unspecified atom stereocenters. The molecule has 1 aromatic carbocycles. The Bertz CT molecular complexity index is 1270. The maximum Gasteiger partial charge on any atom is 0.262 e. The van der Waals surface area contributed by atoms with E-state index in [9.17, 15) is 24.3 Å². The van der Waals surface area contributed by atoms with Crippen molar-refractivity contribution >= 4 is 23.6 Å². The third-order valence-corrected chi connectivity index (χ3v) is 8.04. The molecule has 2 aromatic rings. The maximum atomic E-state index is 13.2. The van der Waals surface area contributed by atoms with Gasteiger partial charge in [0, 0.05) is 37.9 Å². The van der Waals surface area contributed by atoms with Crippen molar-refractivity contribution in [3.05, 3.63) is 64.5 Å². The van der Waals surface area contributed by atoms with Gasteiger partial charge in [0.15, 0.2) is 0 Å². The van der Waals surface area contributed by atoms with Gasteiger partial charge in [0.25, 0.3) is 11.8 Å². The number of hydrogen-bond donors (Lipinski definition) is 2. The number of likely N-dealkylation sites (tertiary alicyclic amines) is 1. The van der Waals surface area contributed by atoms with E-state index in [0.717, 1.165) is 17.7 Å². The van der Waals surface area contributed by atoms with Gasteiger partial charge in [-0.05, 0) is 67.0 Å². The lowest BCUT2D eigenvalue weighted by Gasteiger charge is -2.41. The first kappa shape index (κ1) is 22.1. The van der Waals surface area contributed by atoms with Crippen molar-refractivity contribution in [2.45, 2.75) is 56.2 Å². The molecule has 0 spiro atoms. The van der Waals surface area contributed by atoms with Crippen LogP contribution in [0, 0.1) is 0 Å². The standard InChI is InChI=1S/C26H26N4O5/c31-22-6-5-21(23(32)28-22)30-24(33)17-3-2-16(13-18(17)25(30)34)26(35)8-11-29(12-9-26)20-4-1-15-7-10-27-14-19(15)20/h2-3,7,10,13-14,20-21,35H,1,4-6,8-9,11-12H2,(H,28,31,32). The Hall–Kier alpha value is -3.43. The monoisotopic (exact) mass is 474 g/mol. The Labute approximate surface area is 202 Å². The van der Waals surface area contributed by atoms with Crippen LogP contribution >= 0.6 is 0 Å². The molecule has 9 nitrogen and oxygen atoms in total. The van der Waals surface area contributed by atoms with Crippen molar-refractivity contribution in [1.82, 2.24) is 20.1 Å². The van der Waals surface area contributed by atoms with Crippen LogP contribution in [-0.2, 0) is 21.6 Å². The SMILES string of the molecule is O=C1CCC(N2C(=O)c3ccc(C4(O)CCN(C5CCc6ccncc65)CC4)cc3C2=O)C(=O)N1. The minimum absolute atomic E-state index is 0.0762. The number of piperidine rings is 2. The zero-order valence-corrected chi connectivity index (χ0v) is 19.2. The quantitative estimate of drug-likeness (QED) is 0.646. The molecule has 4 amide bonds. The molecule has 2 atom stereocenters. The summed E-state index contributed by atoms with van der Waals surface area (Å²) >= 11 is 0. The average Bonchev–Trinajstić information content (AvgIpc) is 3.39. The minimum atomic E-state index is -1.10. The van der Waals surface area contributed by atoms with Crippen LogP contribution in [0.15, 0.2) is 36.7 Å². The number of carbonyl (C=O) groups is 4. The number of benzene rings is 1. The fraction of sp³-hybridized carbons (Fsp3) is 0.423. The second-order valence-electron chi connectivity index (χ2n) is 9.90. The molecule has 1 aromatic heterocycles. The van der Waals surface area contributed by atoms with Gasteiger partial charge in [0.05, 0.1) is 16.7 Å². The highest BCUT2D eigenvalue weighted by molar-refractivity contribution is 6.23. The van der Waals surface area contributed by atoms with Crippen LogP contribution in [0.2, 0.25) is 0 Å². The lowest BCUT2D eigenvalue weighted by molar-refractivity contribution is -0.136. The Morgan fingerprint density at radius 3 is 2.46 bits per heavy atom. The molecule has 3 aliphatic heterocycles. The predicted molar refractivity (Wildman–Crippen MR) is 123 cm³/mol. The summed E-state index contributed by atoms with van der Waals surface area (Å²) in [4.78, 5) is 57.5. The van der Waals surface area contributed by atoms with Crippen molar-refractivity contribution in [2.75, 3.05) is 13.1 Å². The number of fused-ring (bicyclic) bond motifs is 2. The number of hydrogen-bond acceptors (Lipinski definition) is 7. The van der Waals surface area contributed by atoms with E-state index in [1.54, 1.807) is 18.2 Å². The number of aromatic nitrogens is 1. The number of aliphatic hydroxyl groups is 1. The highest BCUT2D eigenvalue weighted by Gasteiger charge is 2.46. The molecule has 0 bridgehead atoms. The molecule has 6 rings (SSSR count). The summed E-state index contributed by atoms with van der Waals surface area (Å²) in [7, 11) is 0. The normalized spacial score (nSPS) is 26.0. The Morgan fingerprint density at radius 2 is 1.69 bits per heavy atom. The molecular weight excluding hydrogens is 448 g/mol. The third-order valence-electron chi connectivity index (χ3n) is 8.04. The lowest BCUT2D eigenvalue weighted by Crippen LogP contribution is -2.54. The van der Waals surface area contributed by atoms with E-state index in [1.165, 1.54) is 11.1 Å². The summed E-state index contributed by atoms with van der Waals surface area (Å²) in [5.41, 5.74) is 2.54. The molecule has 180 valence electrons. The van der Waals surface area contributed by atoms with E-state index >= 15 is 0 Å². The van der Waals surface area contributed by atoms with Crippen molar-refractivity contribution in [3.8, 4) is 0 Å². The van der Waals surface area contributed by atoms with Crippen molar-refractivity contribution in [3.63, 3.8) is 0 Å². The van der Waals surface area contributed by atoms with Crippen LogP contribution in [-0.4, -0.2) is 62.7 Å². The van der Waals surface area contributed by atoms with E-state index < -0.39 is 35.3 Å². The first-order valence-electron chi connectivity index (χ1n) is 12.1. The molecule has 4 aliphatic rings. The fourth-order valence-electron chi connectivity index (χ4n) is 6.04. The molecule has 35 heavy (non-hydrogen) atoms. The molecule has 2 N–H and O–H groups in total. The second kappa shape index (κ2) is 8.07. The first-order valence-corrected chi connectivity index (χ1v) is 12.1. The predicted octanol–water partition coefficient (Wildman–Crippen LogP) is 1.45. The van der Waals surface area contributed by atoms with Gasteiger partial charge in [-0.2, -0.15) is 0 Å². The van der Waals surface area contributed by atoms with E-state index in [1.807, 2.05) is 12.4 Å². The van der Waals surface area contributed by atoms with Gasteiger partial charge in [-0.3, -0.25) is 39.3 Å². The van der Waals surface area contributed by atoms with Crippen LogP contribution in [0.25, 0.3) is 0 Å². The molecule has 2 fully saturated rings. The molecule has 2 saturated heterocycles. The maximum absolute atomic E-state index is 13.2. The Kier molecular flexibility index (Phi) is 5.08. The zero-order chi connectivity index (χ0) is 24.3. The van der Waals surface area contributed by atoms with Crippen LogP contribution < -0.4 is 5.32 Å². The number of aryl methyl sites for hydroxylation is 1. The number of imide groups is 2.